The molecule has 78 valence electrons. The van der Waals surface area contributed by atoms with Crippen molar-refractivity contribution in [2.45, 2.75) is 38.3 Å². The Labute approximate surface area is 83.8 Å². The van der Waals surface area contributed by atoms with Crippen LogP contribution >= 0.6 is 0 Å². The highest BCUT2D eigenvalue weighted by molar-refractivity contribution is 5.08. The first kappa shape index (κ1) is 9.68. The van der Waals surface area contributed by atoms with E-state index in [1.54, 1.807) is 0 Å². The molecule has 0 fully saturated rings. The molecule has 0 saturated carbocycles. The van der Waals surface area contributed by atoms with Crippen LogP contribution in [0.3, 0.4) is 0 Å². The lowest BCUT2D eigenvalue weighted by Crippen LogP contribution is -2.08. The second-order valence-corrected chi connectivity index (χ2v) is 3.83. The zero-order valence-corrected chi connectivity index (χ0v) is 8.32. The number of aliphatic hydroxyl groups excluding tert-OH is 1. The summed E-state index contributed by atoms with van der Waals surface area (Å²) in [4.78, 5) is 4.43. The summed E-state index contributed by atoms with van der Waals surface area (Å²) in [7, 11) is 0. The van der Waals surface area contributed by atoms with Gasteiger partial charge in [0.05, 0.1) is 11.8 Å². The number of fused-ring (bicyclic) bond motifs is 1. The first-order valence-electron chi connectivity index (χ1n) is 5.25. The standard InChI is InChI=1S/C10H17N3O/c11-5-4-9(14)8-7-13-6-2-1-3-10(13)12-8/h7,9,14H,1-6,11H2. The molecule has 1 atom stereocenters. The molecule has 1 aromatic rings. The van der Waals surface area contributed by atoms with Gasteiger partial charge in [-0.2, -0.15) is 0 Å². The van der Waals surface area contributed by atoms with Crippen LogP contribution in [0.5, 0.6) is 0 Å². The number of nitrogens with zero attached hydrogens (tertiary/aromatic N) is 2. The van der Waals surface area contributed by atoms with Crippen molar-refractivity contribution < 1.29 is 5.11 Å². The summed E-state index contributed by atoms with van der Waals surface area (Å²) in [5.74, 6) is 1.11. The summed E-state index contributed by atoms with van der Waals surface area (Å²) in [5.41, 5.74) is 6.18. The lowest BCUT2D eigenvalue weighted by molar-refractivity contribution is 0.166. The Morgan fingerprint density at radius 2 is 2.43 bits per heavy atom. The molecule has 14 heavy (non-hydrogen) atoms. The molecule has 2 rings (SSSR count). The Balaban J connectivity index is 2.15. The van der Waals surface area contributed by atoms with Crippen molar-refractivity contribution in [1.82, 2.24) is 9.55 Å². The van der Waals surface area contributed by atoms with E-state index in [4.69, 9.17) is 5.73 Å². The number of hydrogen-bond donors (Lipinski definition) is 2. The number of hydrogen-bond acceptors (Lipinski definition) is 3. The minimum atomic E-state index is -0.488. The number of imidazole rings is 1. The minimum absolute atomic E-state index is 0.488. The average Bonchev–Trinajstić information content (AvgIpc) is 2.61. The third kappa shape index (κ3) is 1.81. The summed E-state index contributed by atoms with van der Waals surface area (Å²) in [6.07, 6.45) is 5.54. The molecule has 1 aliphatic rings. The van der Waals surface area contributed by atoms with Crippen molar-refractivity contribution in [3.05, 3.63) is 17.7 Å². The van der Waals surface area contributed by atoms with Crippen LogP contribution in [0, 0.1) is 0 Å². The zero-order valence-electron chi connectivity index (χ0n) is 8.32. The van der Waals surface area contributed by atoms with Gasteiger partial charge in [0, 0.05) is 19.2 Å². The average molecular weight is 195 g/mol. The topological polar surface area (TPSA) is 64.1 Å². The number of nitrogens with two attached hydrogens (primary N) is 1. The van der Waals surface area contributed by atoms with E-state index in [1.165, 1.54) is 12.8 Å². The Bertz CT molecular complexity index is 285. The van der Waals surface area contributed by atoms with E-state index in [0.29, 0.717) is 13.0 Å². The molecule has 3 N–H and O–H groups in total. The van der Waals surface area contributed by atoms with Crippen LogP contribution in [-0.4, -0.2) is 21.2 Å². The Kier molecular flexibility index (Phi) is 2.84. The molecule has 4 heteroatoms. The van der Waals surface area contributed by atoms with Crippen LogP contribution in [0.1, 0.15) is 36.9 Å². The third-order valence-corrected chi connectivity index (χ3v) is 2.71. The normalized spacial score (nSPS) is 17.9. The van der Waals surface area contributed by atoms with Crippen molar-refractivity contribution in [1.29, 1.82) is 0 Å². The van der Waals surface area contributed by atoms with Gasteiger partial charge in [0.25, 0.3) is 0 Å². The molecule has 4 nitrogen and oxygen atoms in total. The molecule has 0 saturated heterocycles. The fourth-order valence-electron chi connectivity index (χ4n) is 1.90. The summed E-state index contributed by atoms with van der Waals surface area (Å²) in [6, 6.07) is 0. The van der Waals surface area contributed by atoms with Gasteiger partial charge in [-0.25, -0.2) is 4.98 Å². The van der Waals surface area contributed by atoms with Crippen molar-refractivity contribution in [2.75, 3.05) is 6.54 Å². The van der Waals surface area contributed by atoms with E-state index in [-0.39, 0.29) is 0 Å². The van der Waals surface area contributed by atoms with Gasteiger partial charge in [-0.3, -0.25) is 0 Å². The lowest BCUT2D eigenvalue weighted by Gasteiger charge is -2.11. The van der Waals surface area contributed by atoms with E-state index in [9.17, 15) is 5.11 Å². The molecule has 0 amide bonds. The molecule has 0 bridgehead atoms. The first-order chi connectivity index (χ1) is 6.81. The van der Waals surface area contributed by atoms with Gasteiger partial charge in [0.2, 0.25) is 0 Å². The van der Waals surface area contributed by atoms with Crippen LogP contribution in [0.2, 0.25) is 0 Å². The second-order valence-electron chi connectivity index (χ2n) is 3.83. The molecule has 0 aliphatic carbocycles. The monoisotopic (exact) mass is 195 g/mol. The Hall–Kier alpha value is -0.870. The second kappa shape index (κ2) is 4.11. The van der Waals surface area contributed by atoms with Gasteiger partial charge < -0.3 is 15.4 Å². The van der Waals surface area contributed by atoms with Crippen LogP contribution < -0.4 is 5.73 Å². The van der Waals surface area contributed by atoms with Crippen molar-refractivity contribution in [3.63, 3.8) is 0 Å². The number of aliphatic hydroxyl groups is 1. The molecule has 0 spiro atoms. The van der Waals surface area contributed by atoms with Crippen LogP contribution in [0.25, 0.3) is 0 Å². The zero-order chi connectivity index (χ0) is 9.97. The van der Waals surface area contributed by atoms with E-state index in [1.807, 2.05) is 6.20 Å². The summed E-state index contributed by atoms with van der Waals surface area (Å²) in [6.45, 7) is 1.54. The van der Waals surface area contributed by atoms with Gasteiger partial charge in [-0.05, 0) is 25.8 Å². The SMILES string of the molecule is NCCC(O)c1cn2c(n1)CCCC2. The predicted octanol–water partition coefficient (Wildman–Crippen LogP) is 0.602. The fraction of sp³-hybridized carbons (Fsp3) is 0.700. The maximum Gasteiger partial charge on any atom is 0.109 e. The maximum absolute atomic E-state index is 9.71. The molecule has 0 aromatic carbocycles. The van der Waals surface area contributed by atoms with Crippen molar-refractivity contribution in [3.8, 4) is 0 Å². The maximum atomic E-state index is 9.71. The Morgan fingerprint density at radius 3 is 3.14 bits per heavy atom. The lowest BCUT2D eigenvalue weighted by atomic mass is 10.2. The van der Waals surface area contributed by atoms with Gasteiger partial charge >= 0.3 is 0 Å². The molecular formula is C10H17N3O. The summed E-state index contributed by atoms with van der Waals surface area (Å²) in [5, 5.41) is 9.71. The molecule has 1 aromatic heterocycles. The fourth-order valence-corrected chi connectivity index (χ4v) is 1.90. The van der Waals surface area contributed by atoms with E-state index in [0.717, 1.165) is 24.5 Å². The largest absolute Gasteiger partial charge is 0.387 e. The molecule has 1 aliphatic heterocycles. The highest BCUT2D eigenvalue weighted by atomic mass is 16.3. The summed E-state index contributed by atoms with van der Waals surface area (Å²) >= 11 is 0. The van der Waals surface area contributed by atoms with Crippen molar-refractivity contribution in [2.24, 2.45) is 5.73 Å². The third-order valence-electron chi connectivity index (χ3n) is 2.71. The van der Waals surface area contributed by atoms with E-state index >= 15 is 0 Å². The van der Waals surface area contributed by atoms with Crippen molar-refractivity contribution >= 4 is 0 Å². The number of aryl methyl sites for hydroxylation is 2. The van der Waals surface area contributed by atoms with E-state index in [2.05, 4.69) is 9.55 Å². The van der Waals surface area contributed by atoms with Gasteiger partial charge in [0.15, 0.2) is 0 Å². The van der Waals surface area contributed by atoms with Crippen LogP contribution in [-0.2, 0) is 13.0 Å². The highest BCUT2D eigenvalue weighted by Crippen LogP contribution is 2.19. The predicted molar refractivity (Wildman–Crippen MR) is 53.8 cm³/mol. The number of aromatic nitrogens is 2. The highest BCUT2D eigenvalue weighted by Gasteiger charge is 2.16. The summed E-state index contributed by atoms with van der Waals surface area (Å²) < 4.78 is 2.15. The van der Waals surface area contributed by atoms with E-state index < -0.39 is 6.10 Å². The quantitative estimate of drug-likeness (QED) is 0.742. The molecular weight excluding hydrogens is 178 g/mol. The smallest absolute Gasteiger partial charge is 0.109 e. The molecule has 2 heterocycles. The minimum Gasteiger partial charge on any atom is -0.387 e. The van der Waals surface area contributed by atoms with Gasteiger partial charge in [0.1, 0.15) is 5.82 Å². The first-order valence-corrected chi connectivity index (χ1v) is 5.25. The number of rotatable bonds is 3. The van der Waals surface area contributed by atoms with Gasteiger partial charge in [-0.15, -0.1) is 0 Å². The van der Waals surface area contributed by atoms with Crippen LogP contribution in [0.4, 0.5) is 0 Å². The molecule has 0 radical (unpaired) electrons. The van der Waals surface area contributed by atoms with Crippen LogP contribution in [0.15, 0.2) is 6.20 Å². The molecule has 1 unspecified atom stereocenters. The Morgan fingerprint density at radius 1 is 1.57 bits per heavy atom. The van der Waals surface area contributed by atoms with Gasteiger partial charge in [-0.1, -0.05) is 0 Å².